The fourth-order valence-corrected chi connectivity index (χ4v) is 2.27. The lowest BCUT2D eigenvalue weighted by atomic mass is 10.2. The van der Waals surface area contributed by atoms with Crippen molar-refractivity contribution in [3.05, 3.63) is 65.5 Å². The molecule has 25 heavy (non-hydrogen) atoms. The van der Waals surface area contributed by atoms with Gasteiger partial charge in [0.1, 0.15) is 5.75 Å². The lowest BCUT2D eigenvalue weighted by Gasteiger charge is -2.12. The number of carbonyl (C=O) groups excluding carboxylic acids is 1. The van der Waals surface area contributed by atoms with E-state index in [1.807, 2.05) is 24.3 Å². The maximum Gasteiger partial charge on any atom is 0.347 e. The molecule has 1 heterocycles. The molecule has 3 aromatic rings. The number of benzene rings is 2. The number of rotatable bonds is 6. The Labute approximate surface area is 149 Å². The van der Waals surface area contributed by atoms with Crippen LogP contribution in [0.4, 0.5) is 0 Å². The van der Waals surface area contributed by atoms with Gasteiger partial charge in [-0.2, -0.15) is 0 Å². The normalized spacial score (nSPS) is 11.8. The number of nitrogens with zero attached hydrogens (tertiary/aromatic N) is 2. The molecule has 7 heteroatoms. The smallest absolute Gasteiger partial charge is 0.347 e. The van der Waals surface area contributed by atoms with Crippen molar-refractivity contribution in [2.24, 2.45) is 0 Å². The van der Waals surface area contributed by atoms with E-state index in [9.17, 15) is 4.79 Å². The molecule has 2 aromatic carbocycles. The highest BCUT2D eigenvalue weighted by Crippen LogP contribution is 2.26. The Hall–Kier alpha value is -2.86. The van der Waals surface area contributed by atoms with Crippen molar-refractivity contribution in [1.29, 1.82) is 0 Å². The van der Waals surface area contributed by atoms with Crippen molar-refractivity contribution < 1.29 is 18.7 Å². The third kappa shape index (κ3) is 4.36. The minimum Gasteiger partial charge on any atom is -0.479 e. The van der Waals surface area contributed by atoms with Gasteiger partial charge in [0, 0.05) is 0 Å². The summed E-state index contributed by atoms with van der Waals surface area (Å²) in [5, 5.41) is 8.27. The maximum absolute atomic E-state index is 12.0. The summed E-state index contributed by atoms with van der Waals surface area (Å²) in [5.41, 5.74) is 0.620. The Kier molecular flexibility index (Phi) is 5.30. The number of ether oxygens (including phenoxy) is 2. The largest absolute Gasteiger partial charge is 0.479 e. The lowest BCUT2D eigenvalue weighted by molar-refractivity contribution is -0.153. The summed E-state index contributed by atoms with van der Waals surface area (Å²) >= 11 is 6.08. The molecule has 0 radical (unpaired) electrons. The van der Waals surface area contributed by atoms with E-state index in [1.165, 1.54) is 0 Å². The predicted octanol–water partition coefficient (Wildman–Crippen LogP) is 3.90. The highest BCUT2D eigenvalue weighted by Gasteiger charge is 2.18. The minimum absolute atomic E-state index is 0.140. The Morgan fingerprint density at radius 3 is 2.60 bits per heavy atom. The number of hydrogen-bond acceptors (Lipinski definition) is 6. The van der Waals surface area contributed by atoms with E-state index in [-0.39, 0.29) is 18.4 Å². The van der Waals surface area contributed by atoms with Gasteiger partial charge in [0.25, 0.3) is 5.89 Å². The van der Waals surface area contributed by atoms with Crippen molar-refractivity contribution in [3.8, 4) is 17.2 Å². The van der Waals surface area contributed by atoms with Crippen LogP contribution in [0.1, 0.15) is 12.8 Å². The van der Waals surface area contributed by atoms with E-state index in [2.05, 4.69) is 10.2 Å². The van der Waals surface area contributed by atoms with Crippen LogP contribution in [-0.2, 0) is 16.1 Å². The van der Waals surface area contributed by atoms with Crippen LogP contribution in [0, 0.1) is 0 Å². The summed E-state index contributed by atoms with van der Waals surface area (Å²) in [7, 11) is 0. The van der Waals surface area contributed by atoms with E-state index < -0.39 is 12.1 Å². The first-order valence-electron chi connectivity index (χ1n) is 7.59. The van der Waals surface area contributed by atoms with Crippen LogP contribution in [0.3, 0.4) is 0 Å². The minimum atomic E-state index is -0.756. The number of hydrogen-bond donors (Lipinski definition) is 0. The number of halogens is 1. The summed E-state index contributed by atoms with van der Waals surface area (Å²) in [6, 6.07) is 16.1. The first-order chi connectivity index (χ1) is 12.1. The molecule has 6 nitrogen and oxygen atoms in total. The van der Waals surface area contributed by atoms with Crippen LogP contribution >= 0.6 is 11.6 Å². The van der Waals surface area contributed by atoms with E-state index in [1.54, 1.807) is 37.3 Å². The molecule has 1 atom stereocenters. The number of esters is 1. The fourth-order valence-electron chi connectivity index (χ4n) is 2.06. The summed E-state index contributed by atoms with van der Waals surface area (Å²) in [4.78, 5) is 12.0. The molecule has 1 unspecified atom stereocenters. The van der Waals surface area contributed by atoms with Crippen molar-refractivity contribution in [2.45, 2.75) is 19.6 Å². The van der Waals surface area contributed by atoms with Gasteiger partial charge in [-0.05, 0) is 31.2 Å². The van der Waals surface area contributed by atoms with Gasteiger partial charge in [-0.1, -0.05) is 41.9 Å². The lowest BCUT2D eigenvalue weighted by Crippen LogP contribution is -2.26. The zero-order valence-electron chi connectivity index (χ0n) is 13.4. The molecule has 0 fully saturated rings. The van der Waals surface area contributed by atoms with Crippen LogP contribution in [0.15, 0.2) is 59.0 Å². The van der Waals surface area contributed by atoms with Crippen molar-refractivity contribution in [1.82, 2.24) is 10.2 Å². The molecular weight excluding hydrogens is 344 g/mol. The topological polar surface area (TPSA) is 74.5 Å². The molecule has 0 spiro atoms. The standard InChI is InChI=1S/C18H15ClN2O4/c1-12(24-13-7-3-2-4-8-13)18(22)23-11-16-20-21-17(25-16)14-9-5-6-10-15(14)19/h2-10,12H,11H2,1H3. The Morgan fingerprint density at radius 2 is 1.84 bits per heavy atom. The zero-order chi connectivity index (χ0) is 17.6. The zero-order valence-corrected chi connectivity index (χ0v) is 14.1. The monoisotopic (exact) mass is 358 g/mol. The second kappa shape index (κ2) is 7.81. The molecule has 0 aliphatic carbocycles. The second-order valence-corrected chi connectivity index (χ2v) is 5.57. The highest BCUT2D eigenvalue weighted by atomic mass is 35.5. The quantitative estimate of drug-likeness (QED) is 0.622. The van der Waals surface area contributed by atoms with Crippen molar-refractivity contribution >= 4 is 17.6 Å². The van der Waals surface area contributed by atoms with Gasteiger partial charge >= 0.3 is 5.97 Å². The number of para-hydroxylation sites is 1. The summed E-state index contributed by atoms with van der Waals surface area (Å²) in [6.45, 7) is 1.47. The van der Waals surface area contributed by atoms with Crippen LogP contribution in [0.2, 0.25) is 5.02 Å². The first-order valence-corrected chi connectivity index (χ1v) is 7.97. The molecule has 3 rings (SSSR count). The average Bonchev–Trinajstić information content (AvgIpc) is 3.09. The van der Waals surface area contributed by atoms with Crippen molar-refractivity contribution in [3.63, 3.8) is 0 Å². The Bertz CT molecular complexity index is 851. The molecule has 0 aliphatic rings. The fraction of sp³-hybridized carbons (Fsp3) is 0.167. The molecule has 128 valence electrons. The molecule has 1 aromatic heterocycles. The predicted molar refractivity (Wildman–Crippen MR) is 91.1 cm³/mol. The molecule has 0 amide bonds. The summed E-state index contributed by atoms with van der Waals surface area (Å²) in [5.74, 6) is 0.507. The second-order valence-electron chi connectivity index (χ2n) is 5.16. The molecule has 0 N–H and O–H groups in total. The molecule has 0 bridgehead atoms. The molecular formula is C18H15ClN2O4. The highest BCUT2D eigenvalue weighted by molar-refractivity contribution is 6.33. The Morgan fingerprint density at radius 1 is 1.12 bits per heavy atom. The molecule has 0 aliphatic heterocycles. The van der Waals surface area contributed by atoms with Crippen molar-refractivity contribution in [2.75, 3.05) is 0 Å². The van der Waals surface area contributed by atoms with Gasteiger partial charge in [0.05, 0.1) is 10.6 Å². The summed E-state index contributed by atoms with van der Waals surface area (Å²) < 4.78 is 16.1. The maximum atomic E-state index is 12.0. The third-order valence-electron chi connectivity index (χ3n) is 3.30. The number of aromatic nitrogens is 2. The molecule has 0 saturated heterocycles. The van der Waals surface area contributed by atoms with Crippen LogP contribution < -0.4 is 4.74 Å². The van der Waals surface area contributed by atoms with Gasteiger partial charge in [-0.3, -0.25) is 0 Å². The van der Waals surface area contributed by atoms with Crippen LogP contribution in [-0.4, -0.2) is 22.3 Å². The van der Waals surface area contributed by atoms with Gasteiger partial charge in [0.15, 0.2) is 12.7 Å². The first kappa shape index (κ1) is 17.0. The van der Waals surface area contributed by atoms with E-state index in [0.717, 1.165) is 0 Å². The molecule has 0 saturated carbocycles. The summed E-state index contributed by atoms with van der Waals surface area (Å²) in [6.07, 6.45) is -0.756. The van der Waals surface area contributed by atoms with E-state index in [4.69, 9.17) is 25.5 Å². The SMILES string of the molecule is CC(Oc1ccccc1)C(=O)OCc1nnc(-c2ccccc2Cl)o1. The van der Waals surface area contributed by atoms with Crippen LogP contribution in [0.5, 0.6) is 5.75 Å². The van der Waals surface area contributed by atoms with Crippen LogP contribution in [0.25, 0.3) is 11.5 Å². The Balaban J connectivity index is 1.57. The van der Waals surface area contributed by atoms with Gasteiger partial charge in [0.2, 0.25) is 5.89 Å². The number of carbonyl (C=O) groups is 1. The van der Waals surface area contributed by atoms with Gasteiger partial charge < -0.3 is 13.9 Å². The van der Waals surface area contributed by atoms with E-state index >= 15 is 0 Å². The van der Waals surface area contributed by atoms with Gasteiger partial charge in [-0.25, -0.2) is 4.79 Å². The van der Waals surface area contributed by atoms with Gasteiger partial charge in [-0.15, -0.1) is 10.2 Å². The average molecular weight is 359 g/mol. The van der Waals surface area contributed by atoms with E-state index in [0.29, 0.717) is 16.3 Å². The third-order valence-corrected chi connectivity index (χ3v) is 3.63.